The van der Waals surface area contributed by atoms with Gasteiger partial charge in [0, 0.05) is 12.3 Å². The maximum Gasteiger partial charge on any atom is 0.261 e. The summed E-state index contributed by atoms with van der Waals surface area (Å²) in [7, 11) is 0. The van der Waals surface area contributed by atoms with Crippen LogP contribution in [0.4, 0.5) is 0 Å². The number of rotatable bonds is 6. The van der Waals surface area contributed by atoms with E-state index in [1.807, 2.05) is 44.2 Å². The van der Waals surface area contributed by atoms with E-state index in [0.29, 0.717) is 26.2 Å². The van der Waals surface area contributed by atoms with Crippen molar-refractivity contribution >= 4 is 5.91 Å². The number of ether oxygens (including phenoxy) is 2. The Morgan fingerprint density at radius 2 is 2.04 bits per heavy atom. The number of hydrogen-bond donors (Lipinski definition) is 2. The molecule has 1 saturated heterocycles. The predicted octanol–water partition coefficient (Wildman–Crippen LogP) is 2.60. The number of carbonyl (C=O) groups is 1. The van der Waals surface area contributed by atoms with E-state index in [4.69, 9.17) is 9.47 Å². The van der Waals surface area contributed by atoms with Gasteiger partial charge < -0.3 is 19.8 Å². The zero-order valence-electron chi connectivity index (χ0n) is 15.7. The molecule has 0 spiro atoms. The van der Waals surface area contributed by atoms with Crippen LogP contribution in [0.25, 0.3) is 0 Å². The third-order valence-corrected chi connectivity index (χ3v) is 4.71. The van der Waals surface area contributed by atoms with Crippen LogP contribution in [-0.2, 0) is 16.1 Å². The number of benzene rings is 1. The Morgan fingerprint density at radius 1 is 1.26 bits per heavy atom. The third-order valence-electron chi connectivity index (χ3n) is 4.71. The maximum atomic E-state index is 12.6. The Morgan fingerprint density at radius 3 is 2.74 bits per heavy atom. The molecule has 1 amide bonds. The normalized spacial score (nSPS) is 19.8. The number of carbonyl (C=O) groups excluding carboxylic acids is 1. The van der Waals surface area contributed by atoms with Crippen LogP contribution in [0.1, 0.15) is 47.8 Å². The van der Waals surface area contributed by atoms with Crippen molar-refractivity contribution in [1.82, 2.24) is 10.3 Å². The van der Waals surface area contributed by atoms with Crippen molar-refractivity contribution in [1.29, 1.82) is 0 Å². The number of amides is 1. The van der Waals surface area contributed by atoms with E-state index in [0.717, 1.165) is 11.3 Å². The molecule has 3 rings (SSSR count). The summed E-state index contributed by atoms with van der Waals surface area (Å²) in [5, 5.41) is 2.90. The minimum absolute atomic E-state index is 0.104. The average Bonchev–Trinajstić information content (AvgIpc) is 2.68. The van der Waals surface area contributed by atoms with Gasteiger partial charge in [-0.15, -0.1) is 0 Å². The summed E-state index contributed by atoms with van der Waals surface area (Å²) in [6.45, 7) is 5.41. The largest absolute Gasteiger partial charge is 0.379 e. The Balaban J connectivity index is 1.65. The molecular weight excluding hydrogens is 344 g/mol. The van der Waals surface area contributed by atoms with Gasteiger partial charge in [0.1, 0.15) is 5.56 Å². The van der Waals surface area contributed by atoms with Gasteiger partial charge in [-0.25, -0.2) is 0 Å². The third kappa shape index (κ3) is 5.05. The second-order valence-electron chi connectivity index (χ2n) is 7.09. The molecule has 1 aromatic carbocycles. The van der Waals surface area contributed by atoms with E-state index >= 15 is 0 Å². The molecule has 0 unspecified atom stereocenters. The van der Waals surface area contributed by atoms with Crippen LogP contribution in [0.2, 0.25) is 0 Å². The molecule has 27 heavy (non-hydrogen) atoms. The number of nitrogens with one attached hydrogen (secondary N) is 2. The monoisotopic (exact) mass is 370 g/mol. The summed E-state index contributed by atoms with van der Waals surface area (Å²) in [6.07, 6.45) is 0.539. The van der Waals surface area contributed by atoms with Gasteiger partial charge in [0.25, 0.3) is 11.5 Å². The van der Waals surface area contributed by atoms with Crippen molar-refractivity contribution in [3.8, 4) is 0 Å². The van der Waals surface area contributed by atoms with Crippen LogP contribution in [-0.4, -0.2) is 36.3 Å². The highest BCUT2D eigenvalue weighted by molar-refractivity contribution is 5.94. The molecule has 2 N–H and O–H groups in total. The van der Waals surface area contributed by atoms with Crippen molar-refractivity contribution in [3.63, 3.8) is 0 Å². The quantitative estimate of drug-likeness (QED) is 0.819. The van der Waals surface area contributed by atoms with Crippen LogP contribution in [0.5, 0.6) is 0 Å². The molecule has 0 aliphatic carbocycles. The Kier molecular flexibility index (Phi) is 6.42. The molecule has 2 heterocycles. The van der Waals surface area contributed by atoms with E-state index < -0.39 is 5.91 Å². The second kappa shape index (κ2) is 8.97. The Hall–Kier alpha value is -2.44. The van der Waals surface area contributed by atoms with Crippen LogP contribution in [0, 0.1) is 0 Å². The summed E-state index contributed by atoms with van der Waals surface area (Å²) in [5.74, 6) is -0.215. The van der Waals surface area contributed by atoms with Gasteiger partial charge in [-0.05, 0) is 30.0 Å². The first kappa shape index (κ1) is 19.3. The van der Waals surface area contributed by atoms with Gasteiger partial charge in [0.2, 0.25) is 0 Å². The highest BCUT2D eigenvalue weighted by Crippen LogP contribution is 2.15. The van der Waals surface area contributed by atoms with Crippen LogP contribution in [0.3, 0.4) is 0 Å². The Labute approximate surface area is 158 Å². The van der Waals surface area contributed by atoms with Gasteiger partial charge in [-0.1, -0.05) is 44.2 Å². The zero-order chi connectivity index (χ0) is 19.2. The van der Waals surface area contributed by atoms with Crippen molar-refractivity contribution in [2.45, 2.75) is 44.9 Å². The molecule has 1 aliphatic rings. The molecule has 0 radical (unpaired) electrons. The number of aromatic nitrogens is 1. The van der Waals surface area contributed by atoms with Crippen LogP contribution < -0.4 is 10.9 Å². The number of H-pyrrole nitrogens is 1. The zero-order valence-corrected chi connectivity index (χ0v) is 15.7. The van der Waals surface area contributed by atoms with Crippen LogP contribution in [0.15, 0.2) is 47.3 Å². The standard InChI is InChI=1S/C21H26N2O4/c1-14(2)17-9-8-16(20(24)22-17)21(25)23-18-13-26-11-10-19(18)27-12-15-6-4-3-5-7-15/h3-9,14,18-19H,10-13H2,1-2H3,(H,22,24)(H,23,25)/t18-,19+/m1/s1. The van der Waals surface area contributed by atoms with Gasteiger partial charge in [-0.3, -0.25) is 9.59 Å². The molecular formula is C21H26N2O4. The molecule has 1 aliphatic heterocycles. The fourth-order valence-electron chi connectivity index (χ4n) is 3.08. The summed E-state index contributed by atoms with van der Waals surface area (Å²) >= 11 is 0. The lowest BCUT2D eigenvalue weighted by molar-refractivity contribution is -0.0605. The molecule has 6 heteroatoms. The first-order chi connectivity index (χ1) is 13.0. The molecule has 1 fully saturated rings. The number of aromatic amines is 1. The van der Waals surface area contributed by atoms with E-state index in [2.05, 4.69) is 10.3 Å². The summed E-state index contributed by atoms with van der Waals surface area (Å²) < 4.78 is 11.5. The van der Waals surface area contributed by atoms with Gasteiger partial charge >= 0.3 is 0 Å². The number of hydrogen-bond acceptors (Lipinski definition) is 4. The van der Waals surface area contributed by atoms with Crippen molar-refractivity contribution in [2.75, 3.05) is 13.2 Å². The SMILES string of the molecule is CC(C)c1ccc(C(=O)N[C@@H]2COCC[C@@H]2OCc2ccccc2)c(=O)[nH]1. The highest BCUT2D eigenvalue weighted by atomic mass is 16.5. The summed E-state index contributed by atoms with van der Waals surface area (Å²) in [5.41, 5.74) is 1.61. The molecule has 144 valence electrons. The van der Waals surface area contributed by atoms with E-state index in [-0.39, 0.29) is 29.2 Å². The maximum absolute atomic E-state index is 12.6. The minimum Gasteiger partial charge on any atom is -0.379 e. The topological polar surface area (TPSA) is 80.4 Å². The molecule has 6 nitrogen and oxygen atoms in total. The van der Waals surface area contributed by atoms with E-state index in [1.54, 1.807) is 12.1 Å². The fraction of sp³-hybridized carbons (Fsp3) is 0.429. The lowest BCUT2D eigenvalue weighted by Gasteiger charge is -2.32. The minimum atomic E-state index is -0.407. The van der Waals surface area contributed by atoms with Crippen molar-refractivity contribution in [2.24, 2.45) is 0 Å². The molecule has 2 aromatic rings. The average molecular weight is 370 g/mol. The van der Waals surface area contributed by atoms with Gasteiger partial charge in [0.05, 0.1) is 25.4 Å². The lowest BCUT2D eigenvalue weighted by atomic mass is 10.1. The van der Waals surface area contributed by atoms with Crippen molar-refractivity contribution in [3.05, 3.63) is 69.6 Å². The van der Waals surface area contributed by atoms with Gasteiger partial charge in [-0.2, -0.15) is 0 Å². The Bertz CT molecular complexity index is 816. The van der Waals surface area contributed by atoms with Crippen molar-refractivity contribution < 1.29 is 14.3 Å². The molecule has 0 saturated carbocycles. The number of pyridine rings is 1. The fourth-order valence-corrected chi connectivity index (χ4v) is 3.08. The lowest BCUT2D eigenvalue weighted by Crippen LogP contribution is -2.51. The first-order valence-corrected chi connectivity index (χ1v) is 9.32. The predicted molar refractivity (Wildman–Crippen MR) is 103 cm³/mol. The molecule has 1 aromatic heterocycles. The summed E-state index contributed by atoms with van der Waals surface area (Å²) in [6, 6.07) is 13.0. The highest BCUT2D eigenvalue weighted by Gasteiger charge is 2.29. The van der Waals surface area contributed by atoms with Gasteiger partial charge in [0.15, 0.2) is 0 Å². The molecule has 2 atom stereocenters. The second-order valence-corrected chi connectivity index (χ2v) is 7.09. The van der Waals surface area contributed by atoms with Crippen LogP contribution >= 0.6 is 0 Å². The van der Waals surface area contributed by atoms with E-state index in [1.165, 1.54) is 0 Å². The first-order valence-electron chi connectivity index (χ1n) is 9.32. The smallest absolute Gasteiger partial charge is 0.261 e. The van der Waals surface area contributed by atoms with E-state index in [9.17, 15) is 9.59 Å². The molecule has 0 bridgehead atoms. The summed E-state index contributed by atoms with van der Waals surface area (Å²) in [4.78, 5) is 27.6.